The van der Waals surface area contributed by atoms with Crippen LogP contribution in [0.15, 0.2) is 54.6 Å². The molecular formula is C19H20N4O. The van der Waals surface area contributed by atoms with Gasteiger partial charge in [0.15, 0.2) is 0 Å². The Kier molecular flexibility index (Phi) is 3.91. The number of H-pyrrole nitrogens is 1. The molecule has 1 unspecified atom stereocenters. The van der Waals surface area contributed by atoms with Gasteiger partial charge in [0.2, 0.25) is 0 Å². The van der Waals surface area contributed by atoms with Gasteiger partial charge < -0.3 is 15.2 Å². The van der Waals surface area contributed by atoms with E-state index in [2.05, 4.69) is 10.3 Å². The van der Waals surface area contributed by atoms with Gasteiger partial charge in [-0.15, -0.1) is 0 Å². The van der Waals surface area contributed by atoms with Crippen molar-refractivity contribution in [2.24, 2.45) is 0 Å². The molecule has 1 aliphatic rings. The smallest absolute Gasteiger partial charge is 0.321 e. The number of carbonyl (C=O) groups is 1. The number of para-hydroxylation sites is 3. The summed E-state index contributed by atoms with van der Waals surface area (Å²) in [6.07, 6.45) is 2.04. The van der Waals surface area contributed by atoms with Crippen LogP contribution in [0.25, 0.3) is 11.0 Å². The van der Waals surface area contributed by atoms with Crippen LogP contribution < -0.4 is 5.32 Å². The van der Waals surface area contributed by atoms with Crippen molar-refractivity contribution in [3.8, 4) is 0 Å². The average Bonchev–Trinajstić information content (AvgIpc) is 3.07. The Morgan fingerprint density at radius 3 is 2.75 bits per heavy atom. The third-order valence-electron chi connectivity index (χ3n) is 4.53. The number of carbonyl (C=O) groups excluding carboxylic acids is 1. The molecule has 0 saturated carbocycles. The van der Waals surface area contributed by atoms with Crippen LogP contribution in [-0.2, 0) is 0 Å². The molecule has 5 heteroatoms. The lowest BCUT2D eigenvalue weighted by molar-refractivity contribution is 0.191. The summed E-state index contributed by atoms with van der Waals surface area (Å²) in [5.41, 5.74) is 2.87. The van der Waals surface area contributed by atoms with E-state index in [1.54, 1.807) is 0 Å². The van der Waals surface area contributed by atoms with Crippen molar-refractivity contribution < 1.29 is 4.79 Å². The molecule has 1 aromatic heterocycles. The molecule has 5 nitrogen and oxygen atoms in total. The number of benzene rings is 2. The number of hydrogen-bond donors (Lipinski definition) is 2. The number of amides is 2. The first kappa shape index (κ1) is 14.8. The van der Waals surface area contributed by atoms with Crippen molar-refractivity contribution in [3.63, 3.8) is 0 Å². The first-order valence-electron chi connectivity index (χ1n) is 8.35. The summed E-state index contributed by atoms with van der Waals surface area (Å²) < 4.78 is 0. The van der Waals surface area contributed by atoms with Crippen molar-refractivity contribution in [2.75, 3.05) is 18.4 Å². The van der Waals surface area contributed by atoms with Crippen LogP contribution in [0.4, 0.5) is 10.5 Å². The molecule has 0 aliphatic carbocycles. The molecular weight excluding hydrogens is 300 g/mol. The number of nitrogens with one attached hydrogen (secondary N) is 2. The number of imidazole rings is 1. The number of nitrogens with zero attached hydrogens (tertiary/aromatic N) is 2. The summed E-state index contributed by atoms with van der Waals surface area (Å²) >= 11 is 0. The lowest BCUT2D eigenvalue weighted by Crippen LogP contribution is -2.41. The highest BCUT2D eigenvalue weighted by atomic mass is 16.2. The number of aromatic nitrogens is 2. The Balaban J connectivity index is 1.48. The standard InChI is InChI=1S/C19H20N4O/c24-19(20-15-8-2-1-3-9-15)23-12-6-7-14(13-23)18-21-16-10-4-5-11-17(16)22-18/h1-5,8-11,14H,6-7,12-13H2,(H,20,24)(H,21,22). The Morgan fingerprint density at radius 1 is 1.12 bits per heavy atom. The molecule has 1 aliphatic heterocycles. The van der Waals surface area contributed by atoms with Crippen LogP contribution in [0, 0.1) is 0 Å². The van der Waals surface area contributed by atoms with Crippen LogP contribution in [-0.4, -0.2) is 34.0 Å². The maximum atomic E-state index is 12.5. The molecule has 2 heterocycles. The lowest BCUT2D eigenvalue weighted by atomic mass is 9.97. The van der Waals surface area contributed by atoms with Crippen LogP contribution in [0.1, 0.15) is 24.6 Å². The van der Waals surface area contributed by atoms with Gasteiger partial charge in [0, 0.05) is 24.7 Å². The molecule has 4 rings (SSSR count). The third kappa shape index (κ3) is 2.97. The summed E-state index contributed by atoms with van der Waals surface area (Å²) in [4.78, 5) is 22.5. The number of rotatable bonds is 2. The van der Waals surface area contributed by atoms with Gasteiger partial charge in [-0.05, 0) is 37.1 Å². The highest BCUT2D eigenvalue weighted by Gasteiger charge is 2.26. The average molecular weight is 320 g/mol. The minimum absolute atomic E-state index is 0.0398. The Labute approximate surface area is 140 Å². The van der Waals surface area contributed by atoms with E-state index in [9.17, 15) is 4.79 Å². The minimum atomic E-state index is -0.0398. The molecule has 24 heavy (non-hydrogen) atoms. The molecule has 1 atom stereocenters. The zero-order chi connectivity index (χ0) is 16.4. The summed E-state index contributed by atoms with van der Waals surface area (Å²) in [7, 11) is 0. The predicted octanol–water partition coefficient (Wildman–Crippen LogP) is 3.97. The zero-order valence-electron chi connectivity index (χ0n) is 13.4. The molecule has 2 amide bonds. The minimum Gasteiger partial charge on any atom is -0.342 e. The number of anilines is 1. The summed E-state index contributed by atoms with van der Waals surface area (Å²) in [6, 6.07) is 17.6. The molecule has 0 spiro atoms. The van der Waals surface area contributed by atoms with Gasteiger partial charge in [-0.2, -0.15) is 0 Å². The van der Waals surface area contributed by atoms with Gasteiger partial charge in [0.25, 0.3) is 0 Å². The Hall–Kier alpha value is -2.82. The fraction of sp³-hybridized carbons (Fsp3) is 0.263. The van der Waals surface area contributed by atoms with E-state index in [0.717, 1.165) is 41.9 Å². The number of urea groups is 1. The van der Waals surface area contributed by atoms with Crippen molar-refractivity contribution in [3.05, 3.63) is 60.4 Å². The van der Waals surface area contributed by atoms with E-state index >= 15 is 0 Å². The monoisotopic (exact) mass is 320 g/mol. The number of hydrogen-bond acceptors (Lipinski definition) is 2. The molecule has 1 fully saturated rings. The second-order valence-corrected chi connectivity index (χ2v) is 6.22. The van der Waals surface area contributed by atoms with Gasteiger partial charge in [-0.1, -0.05) is 30.3 Å². The summed E-state index contributed by atoms with van der Waals surface area (Å²) in [5, 5.41) is 2.97. The highest BCUT2D eigenvalue weighted by molar-refractivity contribution is 5.89. The van der Waals surface area contributed by atoms with E-state index in [-0.39, 0.29) is 11.9 Å². The quantitative estimate of drug-likeness (QED) is 0.750. The maximum absolute atomic E-state index is 12.5. The number of aromatic amines is 1. The van der Waals surface area contributed by atoms with Gasteiger partial charge >= 0.3 is 6.03 Å². The summed E-state index contributed by atoms with van der Waals surface area (Å²) in [5.74, 6) is 1.24. The molecule has 2 N–H and O–H groups in total. The number of fused-ring (bicyclic) bond motifs is 1. The first-order chi connectivity index (χ1) is 11.8. The van der Waals surface area contributed by atoms with Crippen LogP contribution in [0.2, 0.25) is 0 Å². The molecule has 2 aromatic carbocycles. The van der Waals surface area contributed by atoms with E-state index in [1.165, 1.54) is 0 Å². The zero-order valence-corrected chi connectivity index (χ0v) is 13.4. The van der Waals surface area contributed by atoms with Gasteiger partial charge in [0.1, 0.15) is 5.82 Å². The Morgan fingerprint density at radius 2 is 1.92 bits per heavy atom. The topological polar surface area (TPSA) is 61.0 Å². The van der Waals surface area contributed by atoms with Crippen LogP contribution in [0.5, 0.6) is 0 Å². The van der Waals surface area contributed by atoms with Crippen molar-refractivity contribution in [1.29, 1.82) is 0 Å². The van der Waals surface area contributed by atoms with Crippen molar-refractivity contribution in [2.45, 2.75) is 18.8 Å². The lowest BCUT2D eigenvalue weighted by Gasteiger charge is -2.31. The maximum Gasteiger partial charge on any atom is 0.321 e. The molecule has 0 radical (unpaired) electrons. The summed E-state index contributed by atoms with van der Waals surface area (Å²) in [6.45, 7) is 1.48. The molecule has 0 bridgehead atoms. The second kappa shape index (κ2) is 6.35. The normalized spacial score (nSPS) is 17.8. The van der Waals surface area contributed by atoms with E-state index < -0.39 is 0 Å². The second-order valence-electron chi connectivity index (χ2n) is 6.22. The van der Waals surface area contributed by atoms with E-state index in [0.29, 0.717) is 6.54 Å². The van der Waals surface area contributed by atoms with E-state index in [1.807, 2.05) is 59.5 Å². The van der Waals surface area contributed by atoms with Crippen molar-refractivity contribution >= 4 is 22.8 Å². The van der Waals surface area contributed by atoms with E-state index in [4.69, 9.17) is 4.98 Å². The van der Waals surface area contributed by atoms with Gasteiger partial charge in [0.05, 0.1) is 11.0 Å². The van der Waals surface area contributed by atoms with Gasteiger partial charge in [-0.25, -0.2) is 9.78 Å². The fourth-order valence-electron chi connectivity index (χ4n) is 3.27. The van der Waals surface area contributed by atoms with Crippen LogP contribution in [0.3, 0.4) is 0 Å². The highest BCUT2D eigenvalue weighted by Crippen LogP contribution is 2.27. The first-order valence-corrected chi connectivity index (χ1v) is 8.35. The number of likely N-dealkylation sites (tertiary alicyclic amines) is 1. The number of piperidine rings is 1. The predicted molar refractivity (Wildman–Crippen MR) is 95.1 cm³/mol. The Bertz CT molecular complexity index is 810. The third-order valence-corrected chi connectivity index (χ3v) is 4.53. The van der Waals surface area contributed by atoms with Crippen LogP contribution >= 0.6 is 0 Å². The van der Waals surface area contributed by atoms with Crippen molar-refractivity contribution in [1.82, 2.24) is 14.9 Å². The SMILES string of the molecule is O=C(Nc1ccccc1)N1CCCC(c2nc3ccccc3[nH]2)C1. The molecule has 1 saturated heterocycles. The molecule has 3 aromatic rings. The fourth-order valence-corrected chi connectivity index (χ4v) is 3.27. The van der Waals surface area contributed by atoms with Gasteiger partial charge in [-0.3, -0.25) is 0 Å². The molecule has 122 valence electrons. The largest absolute Gasteiger partial charge is 0.342 e.